The van der Waals surface area contributed by atoms with E-state index in [-0.39, 0.29) is 11.7 Å². The third-order valence-electron chi connectivity index (χ3n) is 2.16. The highest BCUT2D eigenvalue weighted by Gasteiger charge is 2.14. The van der Waals surface area contributed by atoms with Crippen molar-refractivity contribution in [2.75, 3.05) is 12.4 Å². The van der Waals surface area contributed by atoms with Crippen LogP contribution in [0.5, 0.6) is 0 Å². The first-order valence-electron chi connectivity index (χ1n) is 5.25. The van der Waals surface area contributed by atoms with Gasteiger partial charge in [-0.25, -0.2) is 0 Å². The Morgan fingerprint density at radius 3 is 2.65 bits per heavy atom. The summed E-state index contributed by atoms with van der Waals surface area (Å²) in [5.74, 6) is 0.311. The highest BCUT2D eigenvalue weighted by molar-refractivity contribution is 5.98. The van der Waals surface area contributed by atoms with Crippen LogP contribution >= 0.6 is 0 Å². The van der Waals surface area contributed by atoms with E-state index < -0.39 is 4.92 Å². The molecule has 3 N–H and O–H groups in total. The molecule has 92 valence electrons. The van der Waals surface area contributed by atoms with E-state index in [0.29, 0.717) is 17.1 Å². The molecule has 0 saturated carbocycles. The number of hydrogen-bond acceptors (Lipinski definition) is 4. The summed E-state index contributed by atoms with van der Waals surface area (Å²) in [6.45, 7) is 3.78. The van der Waals surface area contributed by atoms with Crippen LogP contribution in [-0.2, 0) is 0 Å². The van der Waals surface area contributed by atoms with Crippen LogP contribution in [0.15, 0.2) is 23.2 Å². The normalized spacial score (nSPS) is 11.6. The molecule has 0 atom stereocenters. The van der Waals surface area contributed by atoms with Gasteiger partial charge >= 0.3 is 0 Å². The molecular formula is C11H16N4O2. The SMILES string of the molecule is CNc1ccc(C(N)=NC(C)C)cc1[N+](=O)[O-]. The summed E-state index contributed by atoms with van der Waals surface area (Å²) in [7, 11) is 1.63. The Kier molecular flexibility index (Phi) is 4.03. The van der Waals surface area contributed by atoms with E-state index in [1.54, 1.807) is 19.2 Å². The van der Waals surface area contributed by atoms with Crippen LogP contribution in [0.3, 0.4) is 0 Å². The summed E-state index contributed by atoms with van der Waals surface area (Å²) in [6, 6.07) is 4.81. The maximum absolute atomic E-state index is 10.9. The number of benzene rings is 1. The minimum Gasteiger partial charge on any atom is -0.383 e. The number of nitrogens with one attached hydrogen (secondary N) is 1. The molecule has 0 aromatic heterocycles. The first kappa shape index (κ1) is 13.0. The van der Waals surface area contributed by atoms with Crippen molar-refractivity contribution in [2.24, 2.45) is 10.7 Å². The quantitative estimate of drug-likeness (QED) is 0.360. The van der Waals surface area contributed by atoms with Gasteiger partial charge in [0.1, 0.15) is 11.5 Å². The molecule has 1 aromatic carbocycles. The van der Waals surface area contributed by atoms with E-state index in [2.05, 4.69) is 10.3 Å². The summed E-state index contributed by atoms with van der Waals surface area (Å²) in [4.78, 5) is 14.6. The Hall–Kier alpha value is -2.11. The zero-order valence-electron chi connectivity index (χ0n) is 10.1. The molecule has 0 unspecified atom stereocenters. The van der Waals surface area contributed by atoms with Crippen LogP contribution in [-0.4, -0.2) is 23.8 Å². The van der Waals surface area contributed by atoms with Crippen molar-refractivity contribution >= 4 is 17.2 Å². The minimum absolute atomic E-state index is 0.00749. The van der Waals surface area contributed by atoms with Gasteiger partial charge in [0.05, 0.1) is 4.92 Å². The fraction of sp³-hybridized carbons (Fsp3) is 0.364. The molecule has 0 bridgehead atoms. The number of anilines is 1. The fourth-order valence-corrected chi connectivity index (χ4v) is 1.41. The van der Waals surface area contributed by atoms with Gasteiger partial charge in [-0.05, 0) is 26.0 Å². The lowest BCUT2D eigenvalue weighted by Crippen LogP contribution is -2.16. The summed E-state index contributed by atoms with van der Waals surface area (Å²) < 4.78 is 0. The number of amidine groups is 1. The molecule has 0 radical (unpaired) electrons. The summed E-state index contributed by atoms with van der Waals surface area (Å²) in [6.07, 6.45) is 0. The third kappa shape index (κ3) is 3.17. The average Bonchev–Trinajstić information content (AvgIpc) is 2.27. The Labute approximate surface area is 99.7 Å². The zero-order valence-corrected chi connectivity index (χ0v) is 10.1. The highest BCUT2D eigenvalue weighted by Crippen LogP contribution is 2.24. The molecule has 0 fully saturated rings. The summed E-state index contributed by atoms with van der Waals surface area (Å²) >= 11 is 0. The second kappa shape index (κ2) is 5.29. The summed E-state index contributed by atoms with van der Waals surface area (Å²) in [5, 5.41) is 13.6. The maximum Gasteiger partial charge on any atom is 0.293 e. The molecule has 1 rings (SSSR count). The van der Waals surface area contributed by atoms with Crippen LogP contribution in [0, 0.1) is 10.1 Å². The average molecular weight is 236 g/mol. The number of nitrogens with zero attached hydrogens (tertiary/aromatic N) is 2. The predicted octanol–water partition coefficient (Wildman–Crippen LogP) is 1.75. The first-order chi connectivity index (χ1) is 7.95. The number of rotatable bonds is 4. The summed E-state index contributed by atoms with van der Waals surface area (Å²) in [5.41, 5.74) is 6.77. The Bertz CT molecular complexity index is 455. The zero-order chi connectivity index (χ0) is 13.0. The third-order valence-corrected chi connectivity index (χ3v) is 2.16. The van der Waals surface area contributed by atoms with Crippen molar-refractivity contribution in [3.8, 4) is 0 Å². The van der Waals surface area contributed by atoms with Gasteiger partial charge in [-0.3, -0.25) is 15.1 Å². The van der Waals surface area contributed by atoms with Gasteiger partial charge in [-0.15, -0.1) is 0 Å². The van der Waals surface area contributed by atoms with Crippen molar-refractivity contribution in [2.45, 2.75) is 19.9 Å². The number of aliphatic imine (C=N–C) groups is 1. The molecule has 0 aliphatic heterocycles. The predicted molar refractivity (Wildman–Crippen MR) is 68.5 cm³/mol. The molecule has 0 aliphatic carbocycles. The molecule has 6 heteroatoms. The van der Waals surface area contributed by atoms with Gasteiger partial charge < -0.3 is 11.1 Å². The van der Waals surface area contributed by atoms with Gasteiger partial charge in [0.2, 0.25) is 0 Å². The molecule has 0 heterocycles. The molecule has 1 aromatic rings. The number of nitro benzene ring substituents is 1. The number of hydrogen-bond donors (Lipinski definition) is 2. The standard InChI is InChI=1S/C11H16N4O2/c1-7(2)14-11(12)8-4-5-9(13-3)10(6-8)15(16)17/h4-7,13H,1-3H3,(H2,12,14). The molecule has 0 saturated heterocycles. The lowest BCUT2D eigenvalue weighted by molar-refractivity contribution is -0.383. The second-order valence-electron chi connectivity index (χ2n) is 3.85. The molecule has 0 amide bonds. The van der Waals surface area contributed by atoms with Crippen LogP contribution in [0.2, 0.25) is 0 Å². The Morgan fingerprint density at radius 2 is 2.18 bits per heavy atom. The van der Waals surface area contributed by atoms with Gasteiger partial charge in [0.25, 0.3) is 5.69 Å². The van der Waals surface area contributed by atoms with Crippen LogP contribution in [0.4, 0.5) is 11.4 Å². The molecular weight excluding hydrogens is 220 g/mol. The first-order valence-corrected chi connectivity index (χ1v) is 5.25. The maximum atomic E-state index is 10.9. The lowest BCUT2D eigenvalue weighted by Gasteiger charge is -2.06. The van der Waals surface area contributed by atoms with Gasteiger partial charge in [-0.1, -0.05) is 0 Å². The topological polar surface area (TPSA) is 93.5 Å². The van der Waals surface area contributed by atoms with E-state index >= 15 is 0 Å². The van der Waals surface area contributed by atoms with E-state index in [9.17, 15) is 10.1 Å². The van der Waals surface area contributed by atoms with Gasteiger partial charge in [0, 0.05) is 24.7 Å². The van der Waals surface area contributed by atoms with E-state index in [1.807, 2.05) is 13.8 Å². The molecule has 6 nitrogen and oxygen atoms in total. The van der Waals surface area contributed by atoms with E-state index in [0.717, 1.165) is 0 Å². The fourth-order valence-electron chi connectivity index (χ4n) is 1.41. The minimum atomic E-state index is -0.446. The van der Waals surface area contributed by atoms with Crippen molar-refractivity contribution in [1.29, 1.82) is 0 Å². The van der Waals surface area contributed by atoms with Crippen molar-refractivity contribution in [3.05, 3.63) is 33.9 Å². The van der Waals surface area contributed by atoms with Crippen molar-refractivity contribution in [1.82, 2.24) is 0 Å². The van der Waals surface area contributed by atoms with Crippen LogP contribution < -0.4 is 11.1 Å². The van der Waals surface area contributed by atoms with Gasteiger partial charge in [-0.2, -0.15) is 0 Å². The van der Waals surface area contributed by atoms with Gasteiger partial charge in [0.15, 0.2) is 0 Å². The van der Waals surface area contributed by atoms with E-state index in [1.165, 1.54) is 6.07 Å². The Morgan fingerprint density at radius 1 is 1.53 bits per heavy atom. The molecule has 0 spiro atoms. The highest BCUT2D eigenvalue weighted by atomic mass is 16.6. The lowest BCUT2D eigenvalue weighted by atomic mass is 10.1. The van der Waals surface area contributed by atoms with Crippen molar-refractivity contribution in [3.63, 3.8) is 0 Å². The smallest absolute Gasteiger partial charge is 0.293 e. The van der Waals surface area contributed by atoms with Crippen molar-refractivity contribution < 1.29 is 4.92 Å². The van der Waals surface area contributed by atoms with E-state index in [4.69, 9.17) is 5.73 Å². The monoisotopic (exact) mass is 236 g/mol. The second-order valence-corrected chi connectivity index (χ2v) is 3.85. The van der Waals surface area contributed by atoms with Crippen LogP contribution in [0.25, 0.3) is 0 Å². The largest absolute Gasteiger partial charge is 0.383 e. The molecule has 0 aliphatic rings. The van der Waals surface area contributed by atoms with Crippen LogP contribution in [0.1, 0.15) is 19.4 Å². The number of nitro groups is 1. The Balaban J connectivity index is 3.21. The molecule has 17 heavy (non-hydrogen) atoms. The number of nitrogens with two attached hydrogens (primary N) is 1.